The Morgan fingerprint density at radius 1 is 1.58 bits per heavy atom. The maximum Gasteiger partial charge on any atom is 0.305 e. The molecule has 2 aromatic heterocycles. The van der Waals surface area contributed by atoms with E-state index < -0.39 is 0 Å². The van der Waals surface area contributed by atoms with Crippen LogP contribution >= 0.6 is 11.3 Å². The summed E-state index contributed by atoms with van der Waals surface area (Å²) in [6, 6.07) is 1.95. The van der Waals surface area contributed by atoms with Crippen molar-refractivity contribution in [3.63, 3.8) is 0 Å². The second-order valence-electron chi connectivity index (χ2n) is 4.14. The summed E-state index contributed by atoms with van der Waals surface area (Å²) in [6.45, 7) is 1.94. The third kappa shape index (κ3) is 3.54. The van der Waals surface area contributed by atoms with Crippen LogP contribution in [0.2, 0.25) is 0 Å². The number of nitrogens with one attached hydrogen (secondary N) is 1. The molecular weight excluding hydrogens is 264 g/mol. The average Bonchev–Trinajstić information content (AvgIpc) is 2.94. The first-order chi connectivity index (χ1) is 9.08. The zero-order valence-electron chi connectivity index (χ0n) is 11.1. The van der Waals surface area contributed by atoms with Gasteiger partial charge in [-0.25, -0.2) is 4.98 Å². The molecule has 0 spiro atoms. The first-order valence-corrected chi connectivity index (χ1v) is 6.75. The molecule has 2 aromatic rings. The van der Waals surface area contributed by atoms with Crippen molar-refractivity contribution >= 4 is 28.3 Å². The topological polar surface area (TPSA) is 69.0 Å². The van der Waals surface area contributed by atoms with E-state index in [0.717, 1.165) is 22.3 Å². The Morgan fingerprint density at radius 3 is 3.00 bits per heavy atom. The van der Waals surface area contributed by atoms with E-state index >= 15 is 0 Å². The molecule has 6 nitrogen and oxygen atoms in total. The van der Waals surface area contributed by atoms with Gasteiger partial charge in [0, 0.05) is 24.9 Å². The molecule has 7 heteroatoms. The van der Waals surface area contributed by atoms with Crippen molar-refractivity contribution in [2.24, 2.45) is 7.05 Å². The number of rotatable bonds is 5. The van der Waals surface area contributed by atoms with Crippen LogP contribution in [0, 0.1) is 6.92 Å². The van der Waals surface area contributed by atoms with Crippen molar-refractivity contribution in [2.75, 3.05) is 12.4 Å². The number of methoxy groups -OCH3 is 1. The summed E-state index contributed by atoms with van der Waals surface area (Å²) in [4.78, 5) is 15.5. The lowest BCUT2D eigenvalue weighted by Crippen LogP contribution is -2.02. The van der Waals surface area contributed by atoms with Gasteiger partial charge in [0.25, 0.3) is 0 Å². The molecule has 0 radical (unpaired) electrons. The maximum atomic E-state index is 11.1. The van der Waals surface area contributed by atoms with E-state index in [1.54, 1.807) is 4.68 Å². The second-order valence-corrected chi connectivity index (χ2v) is 5.00. The fourth-order valence-electron chi connectivity index (χ4n) is 1.65. The highest BCUT2D eigenvalue weighted by atomic mass is 32.1. The van der Waals surface area contributed by atoms with E-state index in [4.69, 9.17) is 0 Å². The molecule has 0 aromatic carbocycles. The van der Waals surface area contributed by atoms with E-state index in [0.29, 0.717) is 12.8 Å². The average molecular weight is 280 g/mol. The Kier molecular flexibility index (Phi) is 4.16. The number of nitrogens with zero attached hydrogens (tertiary/aromatic N) is 3. The fourth-order valence-corrected chi connectivity index (χ4v) is 2.40. The standard InChI is InChI=1S/C12H16N4O2S/c1-8-6-10(16(2)15-8)14-12-13-9(7-19-12)4-5-11(17)18-3/h6-7H,4-5H2,1-3H3,(H,13,14). The monoisotopic (exact) mass is 280 g/mol. The van der Waals surface area contributed by atoms with E-state index in [1.807, 2.05) is 25.4 Å². The van der Waals surface area contributed by atoms with Crippen molar-refractivity contribution in [2.45, 2.75) is 19.8 Å². The van der Waals surface area contributed by atoms with Crippen LogP contribution in [0.5, 0.6) is 0 Å². The van der Waals surface area contributed by atoms with Gasteiger partial charge in [-0.15, -0.1) is 11.3 Å². The first kappa shape index (κ1) is 13.5. The highest BCUT2D eigenvalue weighted by Gasteiger charge is 2.08. The van der Waals surface area contributed by atoms with Gasteiger partial charge in [0.1, 0.15) is 5.82 Å². The van der Waals surface area contributed by atoms with Gasteiger partial charge in [-0.1, -0.05) is 0 Å². The minimum atomic E-state index is -0.218. The minimum Gasteiger partial charge on any atom is -0.469 e. The molecule has 0 fully saturated rings. The Balaban J connectivity index is 1.97. The third-order valence-electron chi connectivity index (χ3n) is 2.60. The Bertz CT molecular complexity index is 576. The van der Waals surface area contributed by atoms with Gasteiger partial charge >= 0.3 is 5.97 Å². The lowest BCUT2D eigenvalue weighted by molar-refractivity contribution is -0.140. The molecule has 0 bridgehead atoms. The van der Waals surface area contributed by atoms with Crippen LogP contribution in [0.25, 0.3) is 0 Å². The molecule has 0 saturated heterocycles. The molecule has 0 atom stereocenters. The highest BCUT2D eigenvalue weighted by molar-refractivity contribution is 7.13. The fraction of sp³-hybridized carbons (Fsp3) is 0.417. The zero-order valence-corrected chi connectivity index (χ0v) is 12.0. The molecule has 102 valence electrons. The van der Waals surface area contributed by atoms with E-state index in [2.05, 4.69) is 20.1 Å². The molecule has 0 amide bonds. The number of thiazole rings is 1. The number of hydrogen-bond acceptors (Lipinski definition) is 6. The van der Waals surface area contributed by atoms with E-state index in [9.17, 15) is 4.79 Å². The zero-order chi connectivity index (χ0) is 13.8. The lowest BCUT2D eigenvalue weighted by Gasteiger charge is -2.01. The van der Waals surface area contributed by atoms with Gasteiger partial charge in [0.15, 0.2) is 5.13 Å². The lowest BCUT2D eigenvalue weighted by atomic mass is 10.2. The first-order valence-electron chi connectivity index (χ1n) is 5.87. The SMILES string of the molecule is COC(=O)CCc1csc(Nc2cc(C)nn2C)n1. The molecule has 0 saturated carbocycles. The van der Waals surface area contributed by atoms with Crippen molar-refractivity contribution in [1.29, 1.82) is 0 Å². The summed E-state index contributed by atoms with van der Waals surface area (Å²) in [6.07, 6.45) is 0.944. The second kappa shape index (κ2) is 5.83. The normalized spacial score (nSPS) is 10.5. The molecule has 0 aliphatic carbocycles. The van der Waals surface area contributed by atoms with Gasteiger partial charge < -0.3 is 10.1 Å². The largest absolute Gasteiger partial charge is 0.469 e. The van der Waals surface area contributed by atoms with Gasteiger partial charge in [-0.2, -0.15) is 5.10 Å². The molecule has 2 rings (SSSR count). The summed E-state index contributed by atoms with van der Waals surface area (Å²) in [5, 5.41) is 10.2. The Morgan fingerprint density at radius 2 is 2.37 bits per heavy atom. The van der Waals surface area contributed by atoms with Crippen LogP contribution in [0.15, 0.2) is 11.4 Å². The van der Waals surface area contributed by atoms with Crippen molar-refractivity contribution in [3.05, 3.63) is 22.8 Å². The number of aryl methyl sites for hydroxylation is 3. The summed E-state index contributed by atoms with van der Waals surface area (Å²) in [5.74, 6) is 0.677. The summed E-state index contributed by atoms with van der Waals surface area (Å²) < 4.78 is 6.37. The molecule has 0 unspecified atom stereocenters. The van der Waals surface area contributed by atoms with Crippen LogP contribution in [0.1, 0.15) is 17.8 Å². The predicted octanol–water partition coefficient (Wildman–Crippen LogP) is 2.03. The third-order valence-corrected chi connectivity index (χ3v) is 3.41. The molecule has 2 heterocycles. The van der Waals surface area contributed by atoms with Crippen LogP contribution < -0.4 is 5.32 Å². The van der Waals surface area contributed by atoms with E-state index in [1.165, 1.54) is 18.4 Å². The smallest absolute Gasteiger partial charge is 0.305 e. The summed E-state index contributed by atoms with van der Waals surface area (Å²) in [7, 11) is 3.27. The van der Waals surface area contributed by atoms with Gasteiger partial charge in [0.2, 0.25) is 0 Å². The number of aromatic nitrogens is 3. The molecule has 19 heavy (non-hydrogen) atoms. The predicted molar refractivity (Wildman–Crippen MR) is 73.7 cm³/mol. The van der Waals surface area contributed by atoms with Gasteiger partial charge in [0.05, 0.1) is 24.9 Å². The number of hydrogen-bond donors (Lipinski definition) is 1. The number of carbonyl (C=O) groups excluding carboxylic acids is 1. The van der Waals surface area contributed by atoms with Gasteiger partial charge in [-0.3, -0.25) is 9.48 Å². The number of carbonyl (C=O) groups is 1. The van der Waals surface area contributed by atoms with Crippen LogP contribution in [-0.2, 0) is 23.0 Å². The number of ether oxygens (including phenoxy) is 1. The van der Waals surface area contributed by atoms with Crippen LogP contribution in [-0.4, -0.2) is 27.8 Å². The molecule has 0 aliphatic rings. The Labute approximate surface area is 115 Å². The van der Waals surface area contributed by atoms with E-state index in [-0.39, 0.29) is 5.97 Å². The van der Waals surface area contributed by atoms with Crippen LogP contribution in [0.3, 0.4) is 0 Å². The number of anilines is 2. The van der Waals surface area contributed by atoms with Gasteiger partial charge in [-0.05, 0) is 6.92 Å². The Hall–Kier alpha value is -1.89. The quantitative estimate of drug-likeness (QED) is 0.849. The summed E-state index contributed by atoms with van der Waals surface area (Å²) in [5.41, 5.74) is 1.84. The van der Waals surface area contributed by atoms with Crippen molar-refractivity contribution < 1.29 is 9.53 Å². The van der Waals surface area contributed by atoms with Crippen molar-refractivity contribution in [3.8, 4) is 0 Å². The molecule has 1 N–H and O–H groups in total. The van der Waals surface area contributed by atoms with Crippen molar-refractivity contribution in [1.82, 2.24) is 14.8 Å². The summed E-state index contributed by atoms with van der Waals surface area (Å²) >= 11 is 1.51. The highest BCUT2D eigenvalue weighted by Crippen LogP contribution is 2.21. The molecular formula is C12H16N4O2S. The van der Waals surface area contributed by atoms with Crippen LogP contribution in [0.4, 0.5) is 10.9 Å². The maximum absolute atomic E-state index is 11.1. The number of esters is 1. The molecule has 0 aliphatic heterocycles. The minimum absolute atomic E-state index is 0.218.